The zero-order valence-electron chi connectivity index (χ0n) is 18.2. The Bertz CT molecular complexity index is 1410. The number of Topliss-reactive ketones (excluding diaryl/α,β-unsaturated/α-hetero) is 1. The van der Waals surface area contributed by atoms with Crippen LogP contribution in [0.2, 0.25) is 0 Å². The van der Waals surface area contributed by atoms with Crippen LogP contribution in [0, 0.1) is 13.8 Å². The molecule has 2 heterocycles. The Kier molecular flexibility index (Phi) is 5.84. The van der Waals surface area contributed by atoms with Crippen molar-refractivity contribution in [2.45, 2.75) is 37.4 Å². The molecule has 1 N–H and O–H groups in total. The van der Waals surface area contributed by atoms with Gasteiger partial charge in [-0.2, -0.15) is 18.3 Å². The van der Waals surface area contributed by atoms with Gasteiger partial charge in [-0.25, -0.2) is 13.1 Å². The molecule has 0 fully saturated rings. The highest BCUT2D eigenvalue weighted by Gasteiger charge is 2.34. The van der Waals surface area contributed by atoms with Crippen LogP contribution in [-0.4, -0.2) is 35.6 Å². The normalized spacial score (nSPS) is 17.1. The first-order valence-electron chi connectivity index (χ1n) is 10.3. The van der Waals surface area contributed by atoms with E-state index in [9.17, 15) is 31.2 Å². The molecule has 4 rings (SSSR count). The van der Waals surface area contributed by atoms with E-state index in [1.54, 1.807) is 18.2 Å². The highest BCUT2D eigenvalue weighted by Crippen LogP contribution is 2.33. The molecular formula is C23H20F3N3O4S. The molecular weight excluding hydrogens is 471 g/mol. The summed E-state index contributed by atoms with van der Waals surface area (Å²) in [7, 11) is -3.47. The van der Waals surface area contributed by atoms with Gasteiger partial charge in [0.05, 0.1) is 44.9 Å². The lowest BCUT2D eigenvalue weighted by molar-refractivity contribution is -0.137. The SMILES string of the molecule is Cc1nn(-c2cccc(C(F)(F)F)c2)c(C)c1C(=O)C(=O)N[C@H]1CCS(=O)(=O)c2ccccc21. The fourth-order valence-corrected chi connectivity index (χ4v) is 5.74. The van der Waals surface area contributed by atoms with E-state index in [-0.39, 0.29) is 39.7 Å². The average molecular weight is 491 g/mol. The van der Waals surface area contributed by atoms with E-state index in [4.69, 9.17) is 0 Å². The number of rotatable bonds is 4. The lowest BCUT2D eigenvalue weighted by Gasteiger charge is -2.26. The van der Waals surface area contributed by atoms with Gasteiger partial charge in [0.2, 0.25) is 0 Å². The number of nitrogens with one attached hydrogen (secondary N) is 1. The number of halogens is 3. The maximum atomic E-state index is 13.1. The number of hydrogen-bond acceptors (Lipinski definition) is 5. The number of aromatic nitrogens is 2. The van der Waals surface area contributed by atoms with Crippen molar-refractivity contribution in [1.29, 1.82) is 0 Å². The van der Waals surface area contributed by atoms with Gasteiger partial charge in [-0.05, 0) is 50.1 Å². The van der Waals surface area contributed by atoms with Crippen molar-refractivity contribution in [2.24, 2.45) is 0 Å². The smallest absolute Gasteiger partial charge is 0.342 e. The average Bonchev–Trinajstić information content (AvgIpc) is 3.08. The van der Waals surface area contributed by atoms with Crippen molar-refractivity contribution in [1.82, 2.24) is 15.1 Å². The molecule has 2 aromatic carbocycles. The van der Waals surface area contributed by atoms with E-state index in [0.717, 1.165) is 12.1 Å². The molecule has 0 saturated heterocycles. The molecule has 0 saturated carbocycles. The number of aryl methyl sites for hydroxylation is 1. The summed E-state index contributed by atoms with van der Waals surface area (Å²) in [6.07, 6.45) is -4.44. The number of ketones is 1. The third-order valence-corrected chi connectivity index (χ3v) is 7.57. The van der Waals surface area contributed by atoms with Crippen molar-refractivity contribution in [3.05, 3.63) is 76.6 Å². The minimum atomic E-state index is -4.55. The Labute approximate surface area is 193 Å². The van der Waals surface area contributed by atoms with E-state index in [0.29, 0.717) is 5.56 Å². The topological polar surface area (TPSA) is 98.1 Å². The molecule has 34 heavy (non-hydrogen) atoms. The summed E-state index contributed by atoms with van der Waals surface area (Å²) in [5.74, 6) is -2.03. The Balaban J connectivity index is 1.63. The van der Waals surface area contributed by atoms with E-state index >= 15 is 0 Å². The standard InChI is InChI=1S/C23H20F3N3O4S/c1-13-20(14(2)29(28-13)16-7-5-6-15(12-16)23(24,25)26)21(30)22(31)27-18-10-11-34(32,33)19-9-4-3-8-17(18)19/h3-9,12,18H,10-11H2,1-2H3,(H,27,31)/t18-/m0/s1. The fourth-order valence-electron chi connectivity index (χ4n) is 4.11. The summed E-state index contributed by atoms with van der Waals surface area (Å²) in [5.41, 5.74) is 0.00954. The van der Waals surface area contributed by atoms with Gasteiger partial charge in [-0.1, -0.05) is 24.3 Å². The second kappa shape index (κ2) is 8.39. The first-order chi connectivity index (χ1) is 15.9. The maximum Gasteiger partial charge on any atom is 0.416 e. The summed E-state index contributed by atoms with van der Waals surface area (Å²) in [6.45, 7) is 2.98. The number of hydrogen-bond donors (Lipinski definition) is 1. The van der Waals surface area contributed by atoms with Crippen molar-refractivity contribution < 1.29 is 31.2 Å². The van der Waals surface area contributed by atoms with E-state index < -0.39 is 39.3 Å². The molecule has 11 heteroatoms. The number of amides is 1. The summed E-state index contributed by atoms with van der Waals surface area (Å²) in [4.78, 5) is 25.9. The second-order valence-electron chi connectivity index (χ2n) is 8.01. The number of carbonyl (C=O) groups excluding carboxylic acids is 2. The molecule has 0 bridgehead atoms. The molecule has 1 atom stereocenters. The minimum Gasteiger partial charge on any atom is -0.342 e. The predicted octanol–water partition coefficient (Wildman–Crippen LogP) is 3.73. The van der Waals surface area contributed by atoms with E-state index in [2.05, 4.69) is 10.4 Å². The van der Waals surface area contributed by atoms with E-state index in [1.807, 2.05) is 0 Å². The first kappa shape index (κ1) is 23.7. The third kappa shape index (κ3) is 4.23. The van der Waals surface area contributed by atoms with Crippen LogP contribution in [0.15, 0.2) is 53.4 Å². The van der Waals surface area contributed by atoms with Gasteiger partial charge >= 0.3 is 6.18 Å². The van der Waals surface area contributed by atoms with E-state index in [1.165, 1.54) is 36.7 Å². The summed E-state index contributed by atoms with van der Waals surface area (Å²) in [6, 6.07) is 10.1. The Morgan fingerprint density at radius 2 is 1.79 bits per heavy atom. The van der Waals surface area contributed by atoms with Crippen LogP contribution in [0.1, 0.15) is 45.3 Å². The zero-order chi connectivity index (χ0) is 24.8. The molecule has 178 valence electrons. The zero-order valence-corrected chi connectivity index (χ0v) is 19.0. The Hall–Kier alpha value is -3.47. The third-order valence-electron chi connectivity index (χ3n) is 5.75. The lowest BCUT2D eigenvalue weighted by Crippen LogP contribution is -2.38. The van der Waals surface area contributed by atoms with Crippen LogP contribution in [0.3, 0.4) is 0 Å². The summed E-state index contributed by atoms with van der Waals surface area (Å²) < 4.78 is 65.1. The molecule has 0 spiro atoms. The second-order valence-corrected chi connectivity index (χ2v) is 10.1. The summed E-state index contributed by atoms with van der Waals surface area (Å²) >= 11 is 0. The maximum absolute atomic E-state index is 13.1. The first-order valence-corrected chi connectivity index (χ1v) is 12.0. The van der Waals surface area contributed by atoms with Crippen LogP contribution in [0.25, 0.3) is 5.69 Å². The van der Waals surface area contributed by atoms with Crippen molar-refractivity contribution in [3.63, 3.8) is 0 Å². The van der Waals surface area contributed by atoms with Crippen LogP contribution in [0.4, 0.5) is 13.2 Å². The highest BCUT2D eigenvalue weighted by atomic mass is 32.2. The van der Waals surface area contributed by atoms with Gasteiger partial charge in [-0.15, -0.1) is 0 Å². The number of alkyl halides is 3. The van der Waals surface area contributed by atoms with Crippen molar-refractivity contribution in [3.8, 4) is 5.69 Å². The molecule has 3 aromatic rings. The van der Waals surface area contributed by atoms with Gasteiger partial charge in [0.25, 0.3) is 11.7 Å². The molecule has 0 aliphatic carbocycles. The van der Waals surface area contributed by atoms with Crippen molar-refractivity contribution in [2.75, 3.05) is 5.75 Å². The van der Waals surface area contributed by atoms with Gasteiger partial charge in [0, 0.05) is 0 Å². The van der Waals surface area contributed by atoms with Gasteiger partial charge in [0.15, 0.2) is 9.84 Å². The number of nitrogens with zero attached hydrogens (tertiary/aromatic N) is 2. The number of sulfone groups is 1. The molecule has 1 aliphatic rings. The lowest BCUT2D eigenvalue weighted by atomic mass is 10.0. The van der Waals surface area contributed by atoms with Crippen LogP contribution in [-0.2, 0) is 20.8 Å². The number of benzene rings is 2. The van der Waals surface area contributed by atoms with Gasteiger partial charge in [0.1, 0.15) is 0 Å². The highest BCUT2D eigenvalue weighted by molar-refractivity contribution is 7.91. The van der Waals surface area contributed by atoms with Crippen LogP contribution >= 0.6 is 0 Å². The monoisotopic (exact) mass is 491 g/mol. The van der Waals surface area contributed by atoms with Gasteiger partial charge in [-0.3, -0.25) is 9.59 Å². The quantitative estimate of drug-likeness (QED) is 0.443. The van der Waals surface area contributed by atoms with Crippen LogP contribution in [0.5, 0.6) is 0 Å². The van der Waals surface area contributed by atoms with Gasteiger partial charge < -0.3 is 5.32 Å². The van der Waals surface area contributed by atoms with Crippen molar-refractivity contribution >= 4 is 21.5 Å². The molecule has 1 amide bonds. The fraction of sp³-hybridized carbons (Fsp3) is 0.261. The summed E-state index contributed by atoms with van der Waals surface area (Å²) in [5, 5.41) is 6.78. The Morgan fingerprint density at radius 1 is 1.09 bits per heavy atom. The molecule has 1 aliphatic heterocycles. The molecule has 1 aromatic heterocycles. The largest absolute Gasteiger partial charge is 0.416 e. The molecule has 0 unspecified atom stereocenters. The predicted molar refractivity (Wildman–Crippen MR) is 116 cm³/mol. The Morgan fingerprint density at radius 3 is 2.50 bits per heavy atom. The number of fused-ring (bicyclic) bond motifs is 1. The number of carbonyl (C=O) groups is 2. The molecule has 0 radical (unpaired) electrons. The van der Waals surface area contributed by atoms with Crippen LogP contribution < -0.4 is 5.32 Å². The molecule has 7 nitrogen and oxygen atoms in total. The minimum absolute atomic E-state index is 0.0216.